The summed E-state index contributed by atoms with van der Waals surface area (Å²) in [6.45, 7) is 0.0532. The number of hydrogen-bond donors (Lipinski definition) is 1. The first-order chi connectivity index (χ1) is 8.47. The number of aromatic nitrogens is 1. The van der Waals surface area contributed by atoms with Gasteiger partial charge < -0.3 is 10.5 Å². The molecule has 2 rings (SSSR count). The highest BCUT2D eigenvalue weighted by molar-refractivity contribution is 7.09. The second-order valence-corrected chi connectivity index (χ2v) is 4.48. The Morgan fingerprint density at radius 3 is 2.72 bits per heavy atom. The maximum absolute atomic E-state index is 12.7. The van der Waals surface area contributed by atoms with Gasteiger partial charge in [0, 0.05) is 11.9 Å². The molecule has 0 radical (unpaired) electrons. The lowest BCUT2D eigenvalue weighted by Gasteiger charge is -2.13. The Labute approximate surface area is 105 Å². The quantitative estimate of drug-likeness (QED) is 0.873. The zero-order valence-corrected chi connectivity index (χ0v) is 9.89. The molecule has 2 N–H and O–H groups in total. The normalized spacial score (nSPS) is 11.5. The minimum Gasteiger partial charge on any atom is -0.487 e. The number of hydrogen-bond acceptors (Lipinski definition) is 4. The summed E-state index contributed by atoms with van der Waals surface area (Å²) in [5, 5.41) is 0. The average Bonchev–Trinajstić information content (AvgIpc) is 2.79. The van der Waals surface area contributed by atoms with Crippen LogP contribution in [0.4, 0.5) is 18.9 Å². The monoisotopic (exact) mass is 274 g/mol. The Morgan fingerprint density at radius 2 is 2.11 bits per heavy atom. The van der Waals surface area contributed by atoms with Gasteiger partial charge >= 0.3 is 6.18 Å². The number of ether oxygens (including phenoxy) is 1. The van der Waals surface area contributed by atoms with Gasteiger partial charge in [-0.05, 0) is 18.2 Å². The number of halogens is 3. The molecule has 0 unspecified atom stereocenters. The molecule has 0 aliphatic rings. The molecule has 0 saturated carbocycles. The van der Waals surface area contributed by atoms with Gasteiger partial charge in [0.1, 0.15) is 12.4 Å². The van der Waals surface area contributed by atoms with Crippen LogP contribution in [0.5, 0.6) is 5.75 Å². The molecular weight excluding hydrogens is 265 g/mol. The molecule has 0 amide bonds. The van der Waals surface area contributed by atoms with E-state index in [4.69, 9.17) is 10.5 Å². The molecule has 3 nitrogen and oxygen atoms in total. The first-order valence-electron chi connectivity index (χ1n) is 4.93. The van der Waals surface area contributed by atoms with Crippen LogP contribution in [0.15, 0.2) is 29.9 Å². The maximum atomic E-state index is 12.7. The minimum absolute atomic E-state index is 0.0486. The molecule has 0 saturated heterocycles. The van der Waals surface area contributed by atoms with E-state index in [9.17, 15) is 13.2 Å². The lowest BCUT2D eigenvalue weighted by Crippen LogP contribution is -2.09. The second-order valence-electron chi connectivity index (χ2n) is 3.51. The van der Waals surface area contributed by atoms with Crippen LogP contribution < -0.4 is 10.5 Å². The number of nitrogens with zero attached hydrogens (tertiary/aromatic N) is 1. The second kappa shape index (κ2) is 4.85. The number of nitrogen functional groups attached to an aromatic ring is 1. The van der Waals surface area contributed by atoms with Crippen LogP contribution in [0.1, 0.15) is 10.4 Å². The molecule has 1 heterocycles. The van der Waals surface area contributed by atoms with Crippen molar-refractivity contribution < 1.29 is 17.9 Å². The summed E-state index contributed by atoms with van der Waals surface area (Å²) in [4.78, 5) is 4.57. The predicted octanol–water partition coefficient (Wildman–Crippen LogP) is 3.32. The maximum Gasteiger partial charge on any atom is 0.420 e. The van der Waals surface area contributed by atoms with Crippen LogP contribution in [-0.2, 0) is 12.8 Å². The Kier molecular flexibility index (Phi) is 3.42. The average molecular weight is 274 g/mol. The molecule has 1 aromatic heterocycles. The number of benzene rings is 1. The first-order valence-corrected chi connectivity index (χ1v) is 5.81. The van der Waals surface area contributed by atoms with Crippen LogP contribution in [-0.4, -0.2) is 4.98 Å². The van der Waals surface area contributed by atoms with Crippen LogP contribution in [0.2, 0.25) is 0 Å². The Balaban J connectivity index is 2.22. The topological polar surface area (TPSA) is 48.1 Å². The lowest BCUT2D eigenvalue weighted by molar-refractivity contribution is -0.139. The molecule has 7 heteroatoms. The lowest BCUT2D eigenvalue weighted by atomic mass is 10.1. The van der Waals surface area contributed by atoms with Gasteiger partial charge in [-0.15, -0.1) is 11.3 Å². The van der Waals surface area contributed by atoms with Crippen molar-refractivity contribution >= 4 is 17.0 Å². The molecule has 0 aliphatic heterocycles. The van der Waals surface area contributed by atoms with Gasteiger partial charge in [0.05, 0.1) is 16.0 Å². The Bertz CT molecular complexity index is 526. The summed E-state index contributed by atoms with van der Waals surface area (Å²) in [5.74, 6) is -0.231. The van der Waals surface area contributed by atoms with Crippen molar-refractivity contribution in [2.45, 2.75) is 12.8 Å². The van der Waals surface area contributed by atoms with E-state index in [0.717, 1.165) is 10.9 Å². The van der Waals surface area contributed by atoms with Gasteiger partial charge in [-0.2, -0.15) is 13.2 Å². The third-order valence-corrected chi connectivity index (χ3v) is 2.92. The zero-order valence-electron chi connectivity index (χ0n) is 9.07. The van der Waals surface area contributed by atoms with E-state index in [1.165, 1.54) is 23.5 Å². The molecule has 0 bridgehead atoms. The molecule has 0 atom stereocenters. The molecule has 18 heavy (non-hydrogen) atoms. The van der Waals surface area contributed by atoms with Crippen molar-refractivity contribution in [1.82, 2.24) is 4.98 Å². The summed E-state index contributed by atoms with van der Waals surface area (Å²) in [6, 6.07) is 3.46. The third-order valence-electron chi connectivity index (χ3n) is 2.16. The van der Waals surface area contributed by atoms with Crippen molar-refractivity contribution in [2.75, 3.05) is 5.73 Å². The van der Waals surface area contributed by atoms with Crippen molar-refractivity contribution in [2.24, 2.45) is 0 Å². The molecular formula is C11H9F3N2OS. The summed E-state index contributed by atoms with van der Waals surface area (Å²) >= 11 is 1.32. The van der Waals surface area contributed by atoms with E-state index in [1.54, 1.807) is 11.7 Å². The molecule has 1 aromatic carbocycles. The van der Waals surface area contributed by atoms with Crippen LogP contribution >= 0.6 is 11.3 Å². The first kappa shape index (κ1) is 12.7. The standard InChI is InChI=1S/C11H9F3N2OS/c12-11(13,14)9-3-7(15)1-2-10(9)17-5-8-4-16-6-18-8/h1-4,6H,5,15H2. The van der Waals surface area contributed by atoms with Crippen molar-refractivity contribution in [3.63, 3.8) is 0 Å². The number of nitrogens with two attached hydrogens (primary N) is 1. The largest absolute Gasteiger partial charge is 0.487 e. The van der Waals surface area contributed by atoms with Gasteiger partial charge in [-0.25, -0.2) is 0 Å². The SMILES string of the molecule is Nc1ccc(OCc2cncs2)c(C(F)(F)F)c1. The highest BCUT2D eigenvalue weighted by Gasteiger charge is 2.34. The summed E-state index contributed by atoms with van der Waals surface area (Å²) in [7, 11) is 0. The van der Waals surface area contributed by atoms with Crippen LogP contribution in [0.3, 0.4) is 0 Å². The summed E-state index contributed by atoms with van der Waals surface area (Å²) in [5.41, 5.74) is 6.12. The van der Waals surface area contributed by atoms with E-state index < -0.39 is 11.7 Å². The van der Waals surface area contributed by atoms with E-state index >= 15 is 0 Å². The fourth-order valence-electron chi connectivity index (χ4n) is 1.36. The van der Waals surface area contributed by atoms with Gasteiger partial charge in [-0.3, -0.25) is 4.98 Å². The van der Waals surface area contributed by atoms with Crippen molar-refractivity contribution in [1.29, 1.82) is 0 Å². The molecule has 0 fully saturated rings. The van der Waals surface area contributed by atoms with Crippen molar-refractivity contribution in [3.05, 3.63) is 40.3 Å². The molecule has 96 valence electrons. The highest BCUT2D eigenvalue weighted by atomic mass is 32.1. The summed E-state index contributed by atoms with van der Waals surface area (Å²) in [6.07, 6.45) is -2.94. The highest BCUT2D eigenvalue weighted by Crippen LogP contribution is 2.37. The predicted molar refractivity (Wildman–Crippen MR) is 62.3 cm³/mol. The fourth-order valence-corrected chi connectivity index (χ4v) is 1.86. The van der Waals surface area contributed by atoms with E-state index in [2.05, 4.69) is 4.98 Å². The summed E-state index contributed by atoms with van der Waals surface area (Å²) < 4.78 is 43.4. The number of thiazole rings is 1. The Morgan fingerprint density at radius 1 is 1.33 bits per heavy atom. The van der Waals surface area contributed by atoms with Crippen molar-refractivity contribution in [3.8, 4) is 5.75 Å². The van der Waals surface area contributed by atoms with Crippen LogP contribution in [0, 0.1) is 0 Å². The van der Waals surface area contributed by atoms with E-state index in [-0.39, 0.29) is 18.0 Å². The van der Waals surface area contributed by atoms with Crippen LogP contribution in [0.25, 0.3) is 0 Å². The number of alkyl halides is 3. The molecule has 2 aromatic rings. The van der Waals surface area contributed by atoms with E-state index in [0.29, 0.717) is 0 Å². The zero-order chi connectivity index (χ0) is 13.2. The minimum atomic E-state index is -4.49. The Hall–Kier alpha value is -1.76. The van der Waals surface area contributed by atoms with Gasteiger partial charge in [0.2, 0.25) is 0 Å². The van der Waals surface area contributed by atoms with E-state index in [1.807, 2.05) is 0 Å². The van der Waals surface area contributed by atoms with Gasteiger partial charge in [0.25, 0.3) is 0 Å². The van der Waals surface area contributed by atoms with Gasteiger partial charge in [0.15, 0.2) is 0 Å². The third kappa shape index (κ3) is 2.92. The fraction of sp³-hybridized carbons (Fsp3) is 0.182. The molecule has 0 aliphatic carbocycles. The number of rotatable bonds is 3. The van der Waals surface area contributed by atoms with Gasteiger partial charge in [-0.1, -0.05) is 0 Å². The molecule has 0 spiro atoms. The smallest absolute Gasteiger partial charge is 0.420 e. The number of anilines is 1.